The van der Waals surface area contributed by atoms with Crippen LogP contribution in [0.4, 0.5) is 8.78 Å². The number of hydrogen-bond donors (Lipinski definition) is 1. The summed E-state index contributed by atoms with van der Waals surface area (Å²) in [5.74, 6) is -3.83. The van der Waals surface area contributed by atoms with E-state index in [0.29, 0.717) is 0 Å². The van der Waals surface area contributed by atoms with Gasteiger partial charge in [-0.25, -0.2) is 8.78 Å². The van der Waals surface area contributed by atoms with Crippen molar-refractivity contribution >= 4 is 18.4 Å². The minimum atomic E-state index is -2.90. The molecule has 0 aliphatic heterocycles. The summed E-state index contributed by atoms with van der Waals surface area (Å²) in [4.78, 5) is 10.8. The lowest BCUT2D eigenvalue weighted by Gasteiger charge is -2.20. The van der Waals surface area contributed by atoms with E-state index in [1.807, 2.05) is 0 Å². The molecule has 15 heavy (non-hydrogen) atoms. The standard InChI is InChI=1S/C9H17F2NO2.ClH/c1-6(2)4-9(10,11)5-7(12)8(13)14-3;/h6-7H,4-5,12H2,1-3H3;1H. The largest absolute Gasteiger partial charge is 0.468 e. The second kappa shape index (κ2) is 6.95. The predicted octanol–water partition coefficient (Wildman–Crippen LogP) is 1.98. The molecular formula is C9H18ClF2NO2. The number of carbonyl (C=O) groups is 1. The van der Waals surface area contributed by atoms with Crippen LogP contribution in [0.3, 0.4) is 0 Å². The van der Waals surface area contributed by atoms with Gasteiger partial charge in [-0.1, -0.05) is 13.8 Å². The summed E-state index contributed by atoms with van der Waals surface area (Å²) in [6, 6.07) is -1.24. The van der Waals surface area contributed by atoms with Crippen LogP contribution in [0.25, 0.3) is 0 Å². The molecule has 0 radical (unpaired) electrons. The molecule has 0 aromatic rings. The van der Waals surface area contributed by atoms with Crippen LogP contribution in [0.2, 0.25) is 0 Å². The molecule has 0 aromatic heterocycles. The number of nitrogens with two attached hydrogens (primary N) is 1. The normalized spacial score (nSPS) is 13.3. The van der Waals surface area contributed by atoms with Gasteiger partial charge in [-0.15, -0.1) is 12.4 Å². The number of halogens is 3. The Kier molecular flexibility index (Phi) is 7.88. The lowest BCUT2D eigenvalue weighted by molar-refractivity contribution is -0.145. The zero-order valence-corrected chi connectivity index (χ0v) is 9.94. The SMILES string of the molecule is COC(=O)C(N)CC(F)(F)CC(C)C.Cl. The van der Waals surface area contributed by atoms with E-state index in [9.17, 15) is 13.6 Å². The third-order valence-corrected chi connectivity index (χ3v) is 1.73. The van der Waals surface area contributed by atoms with E-state index in [-0.39, 0.29) is 24.7 Å². The molecule has 0 heterocycles. The Balaban J connectivity index is 0. The van der Waals surface area contributed by atoms with E-state index < -0.39 is 24.4 Å². The van der Waals surface area contributed by atoms with Crippen molar-refractivity contribution in [1.82, 2.24) is 0 Å². The van der Waals surface area contributed by atoms with Crippen molar-refractivity contribution in [2.75, 3.05) is 7.11 Å². The van der Waals surface area contributed by atoms with E-state index >= 15 is 0 Å². The monoisotopic (exact) mass is 245 g/mol. The Morgan fingerprint density at radius 3 is 2.20 bits per heavy atom. The smallest absolute Gasteiger partial charge is 0.322 e. The maximum absolute atomic E-state index is 13.1. The average molecular weight is 246 g/mol. The molecule has 3 nitrogen and oxygen atoms in total. The predicted molar refractivity (Wildman–Crippen MR) is 56.3 cm³/mol. The fraction of sp³-hybridized carbons (Fsp3) is 0.889. The zero-order chi connectivity index (χ0) is 11.4. The Morgan fingerprint density at radius 1 is 1.40 bits per heavy atom. The molecule has 0 bridgehead atoms. The van der Waals surface area contributed by atoms with Gasteiger partial charge in [0.1, 0.15) is 6.04 Å². The number of rotatable bonds is 5. The molecule has 1 atom stereocenters. The third-order valence-electron chi connectivity index (χ3n) is 1.73. The highest BCUT2D eigenvalue weighted by Crippen LogP contribution is 2.28. The van der Waals surface area contributed by atoms with Crippen LogP contribution in [0.15, 0.2) is 0 Å². The van der Waals surface area contributed by atoms with Crippen molar-refractivity contribution in [2.24, 2.45) is 11.7 Å². The maximum Gasteiger partial charge on any atom is 0.322 e. The summed E-state index contributed by atoms with van der Waals surface area (Å²) in [6.07, 6.45) is -0.921. The number of hydrogen-bond acceptors (Lipinski definition) is 3. The molecule has 0 aliphatic rings. The summed E-state index contributed by atoms with van der Waals surface area (Å²) >= 11 is 0. The number of esters is 1. The van der Waals surface area contributed by atoms with Gasteiger partial charge in [0, 0.05) is 12.8 Å². The Hall–Kier alpha value is -0.420. The number of alkyl halides is 2. The molecule has 92 valence electrons. The van der Waals surface area contributed by atoms with Crippen LogP contribution in [0.5, 0.6) is 0 Å². The highest BCUT2D eigenvalue weighted by Gasteiger charge is 2.34. The van der Waals surface area contributed by atoms with Gasteiger partial charge in [-0.2, -0.15) is 0 Å². The minimum Gasteiger partial charge on any atom is -0.468 e. The van der Waals surface area contributed by atoms with E-state index in [0.717, 1.165) is 7.11 Å². The number of carbonyl (C=O) groups excluding carboxylic acids is 1. The van der Waals surface area contributed by atoms with Gasteiger partial charge in [0.25, 0.3) is 5.92 Å². The number of ether oxygens (including phenoxy) is 1. The van der Waals surface area contributed by atoms with E-state index in [2.05, 4.69) is 4.74 Å². The van der Waals surface area contributed by atoms with Crippen molar-refractivity contribution in [3.63, 3.8) is 0 Å². The Morgan fingerprint density at radius 2 is 1.87 bits per heavy atom. The lowest BCUT2D eigenvalue weighted by atomic mass is 9.99. The van der Waals surface area contributed by atoms with Gasteiger partial charge in [0.05, 0.1) is 7.11 Å². The summed E-state index contributed by atoms with van der Waals surface area (Å²) in [6.45, 7) is 3.38. The molecule has 0 rings (SSSR count). The van der Waals surface area contributed by atoms with Crippen LogP contribution in [-0.4, -0.2) is 25.0 Å². The van der Waals surface area contributed by atoms with Gasteiger partial charge in [0.2, 0.25) is 0 Å². The third kappa shape index (κ3) is 7.50. The highest BCUT2D eigenvalue weighted by molar-refractivity contribution is 5.85. The number of methoxy groups -OCH3 is 1. The molecule has 1 unspecified atom stereocenters. The van der Waals surface area contributed by atoms with Crippen molar-refractivity contribution in [3.05, 3.63) is 0 Å². The van der Waals surface area contributed by atoms with E-state index in [4.69, 9.17) is 5.73 Å². The van der Waals surface area contributed by atoms with Crippen LogP contribution in [0, 0.1) is 5.92 Å². The first-order valence-corrected chi connectivity index (χ1v) is 4.49. The molecule has 0 aromatic carbocycles. The Bertz CT molecular complexity index is 201. The fourth-order valence-electron chi connectivity index (χ4n) is 1.24. The van der Waals surface area contributed by atoms with Crippen molar-refractivity contribution in [2.45, 2.75) is 38.7 Å². The van der Waals surface area contributed by atoms with Crippen molar-refractivity contribution < 1.29 is 18.3 Å². The summed E-state index contributed by atoms with van der Waals surface area (Å²) < 4.78 is 30.5. The summed E-state index contributed by atoms with van der Waals surface area (Å²) in [7, 11) is 1.13. The second-order valence-corrected chi connectivity index (χ2v) is 3.79. The molecule has 0 saturated heterocycles. The maximum atomic E-state index is 13.1. The van der Waals surface area contributed by atoms with Gasteiger partial charge < -0.3 is 10.5 Å². The van der Waals surface area contributed by atoms with Gasteiger partial charge in [-0.05, 0) is 5.92 Å². The van der Waals surface area contributed by atoms with Crippen molar-refractivity contribution in [3.8, 4) is 0 Å². The molecule has 2 N–H and O–H groups in total. The zero-order valence-electron chi connectivity index (χ0n) is 9.13. The van der Waals surface area contributed by atoms with Gasteiger partial charge in [-0.3, -0.25) is 4.79 Å². The minimum absolute atomic E-state index is 0. The van der Waals surface area contributed by atoms with E-state index in [1.165, 1.54) is 0 Å². The summed E-state index contributed by atoms with van der Waals surface area (Å²) in [5.41, 5.74) is 5.24. The van der Waals surface area contributed by atoms with Crippen LogP contribution in [0.1, 0.15) is 26.7 Å². The fourth-order valence-corrected chi connectivity index (χ4v) is 1.24. The molecule has 0 saturated carbocycles. The first-order chi connectivity index (χ1) is 6.28. The first-order valence-electron chi connectivity index (χ1n) is 4.49. The quantitative estimate of drug-likeness (QED) is 0.754. The molecular weight excluding hydrogens is 228 g/mol. The van der Waals surface area contributed by atoms with Gasteiger partial charge >= 0.3 is 5.97 Å². The lowest BCUT2D eigenvalue weighted by Crippen LogP contribution is -2.38. The molecule has 6 heteroatoms. The van der Waals surface area contributed by atoms with Gasteiger partial charge in [0.15, 0.2) is 0 Å². The van der Waals surface area contributed by atoms with Crippen LogP contribution >= 0.6 is 12.4 Å². The molecule has 0 aliphatic carbocycles. The van der Waals surface area contributed by atoms with Crippen LogP contribution in [-0.2, 0) is 9.53 Å². The first kappa shape index (κ1) is 17.0. The molecule has 0 amide bonds. The van der Waals surface area contributed by atoms with Crippen LogP contribution < -0.4 is 5.73 Å². The Labute approximate surface area is 94.8 Å². The molecule has 0 spiro atoms. The molecule has 0 fully saturated rings. The van der Waals surface area contributed by atoms with E-state index in [1.54, 1.807) is 13.8 Å². The van der Waals surface area contributed by atoms with Crippen molar-refractivity contribution in [1.29, 1.82) is 0 Å². The topological polar surface area (TPSA) is 52.3 Å². The highest BCUT2D eigenvalue weighted by atomic mass is 35.5. The second-order valence-electron chi connectivity index (χ2n) is 3.79. The average Bonchev–Trinajstić information content (AvgIpc) is 1.99. The summed E-state index contributed by atoms with van der Waals surface area (Å²) in [5, 5.41) is 0.